The van der Waals surface area contributed by atoms with Crippen LogP contribution < -0.4 is 0 Å². The zero-order valence-electron chi connectivity index (χ0n) is 10.3. The quantitative estimate of drug-likeness (QED) is 0.897. The minimum absolute atomic E-state index is 0.0218. The standard InChI is InChI=1S/C15H14FNO2/c16-14-3-1-12(2-4-14)13(10-15(18)19)9-11-5-7-17-8-6-11/h1-8,13H,9-10H2,(H,18,19). The zero-order valence-corrected chi connectivity index (χ0v) is 10.3. The fourth-order valence-corrected chi connectivity index (χ4v) is 2.06. The largest absolute Gasteiger partial charge is 0.481 e. The number of rotatable bonds is 5. The predicted molar refractivity (Wildman–Crippen MR) is 69.3 cm³/mol. The lowest BCUT2D eigenvalue weighted by Gasteiger charge is -2.15. The molecule has 1 aromatic heterocycles. The smallest absolute Gasteiger partial charge is 0.303 e. The van der Waals surface area contributed by atoms with E-state index in [-0.39, 0.29) is 18.2 Å². The van der Waals surface area contributed by atoms with Crippen molar-refractivity contribution in [3.63, 3.8) is 0 Å². The Balaban J connectivity index is 2.20. The Kier molecular flexibility index (Phi) is 4.23. The Labute approximate surface area is 110 Å². The summed E-state index contributed by atoms with van der Waals surface area (Å²) in [5.74, 6) is -1.34. The SMILES string of the molecule is O=C(O)CC(Cc1ccncc1)c1ccc(F)cc1. The van der Waals surface area contributed by atoms with E-state index in [9.17, 15) is 9.18 Å². The number of aromatic nitrogens is 1. The number of halogens is 1. The van der Waals surface area contributed by atoms with Gasteiger partial charge in [0.15, 0.2) is 0 Å². The van der Waals surface area contributed by atoms with E-state index in [2.05, 4.69) is 4.98 Å². The van der Waals surface area contributed by atoms with E-state index in [4.69, 9.17) is 5.11 Å². The highest BCUT2D eigenvalue weighted by Crippen LogP contribution is 2.24. The average molecular weight is 259 g/mol. The van der Waals surface area contributed by atoms with Crippen molar-refractivity contribution in [3.05, 3.63) is 65.7 Å². The third kappa shape index (κ3) is 3.88. The van der Waals surface area contributed by atoms with Crippen molar-refractivity contribution in [1.29, 1.82) is 0 Å². The highest BCUT2D eigenvalue weighted by Gasteiger charge is 2.16. The number of hydrogen-bond acceptors (Lipinski definition) is 2. The molecule has 0 aliphatic heterocycles. The summed E-state index contributed by atoms with van der Waals surface area (Å²) in [5, 5.41) is 8.99. The third-order valence-corrected chi connectivity index (χ3v) is 2.99. The first-order valence-corrected chi connectivity index (χ1v) is 6.01. The molecule has 0 saturated heterocycles. The van der Waals surface area contributed by atoms with Gasteiger partial charge in [-0.15, -0.1) is 0 Å². The molecule has 1 aromatic carbocycles. The van der Waals surface area contributed by atoms with E-state index < -0.39 is 5.97 Å². The highest BCUT2D eigenvalue weighted by molar-refractivity contribution is 5.68. The van der Waals surface area contributed by atoms with Crippen LogP contribution in [0.25, 0.3) is 0 Å². The molecule has 0 aliphatic rings. The van der Waals surface area contributed by atoms with Gasteiger partial charge in [0.2, 0.25) is 0 Å². The fourth-order valence-electron chi connectivity index (χ4n) is 2.06. The second-order valence-corrected chi connectivity index (χ2v) is 4.41. The molecule has 0 radical (unpaired) electrons. The minimum atomic E-state index is -0.858. The van der Waals surface area contributed by atoms with E-state index in [0.717, 1.165) is 11.1 Å². The van der Waals surface area contributed by atoms with Crippen LogP contribution in [0.1, 0.15) is 23.5 Å². The van der Waals surface area contributed by atoms with Crippen LogP contribution >= 0.6 is 0 Å². The number of carboxylic acid groups (broad SMARTS) is 1. The van der Waals surface area contributed by atoms with Crippen LogP contribution in [0.2, 0.25) is 0 Å². The molecule has 1 heterocycles. The maximum Gasteiger partial charge on any atom is 0.303 e. The van der Waals surface area contributed by atoms with Crippen LogP contribution in [0.3, 0.4) is 0 Å². The molecule has 0 spiro atoms. The summed E-state index contributed by atoms with van der Waals surface area (Å²) in [7, 11) is 0. The summed E-state index contributed by atoms with van der Waals surface area (Å²) in [6.45, 7) is 0. The van der Waals surface area contributed by atoms with Crippen LogP contribution in [-0.2, 0) is 11.2 Å². The number of pyridine rings is 1. The van der Waals surface area contributed by atoms with E-state index >= 15 is 0 Å². The molecular formula is C15H14FNO2. The maximum atomic E-state index is 12.9. The Hall–Kier alpha value is -2.23. The van der Waals surface area contributed by atoms with Gasteiger partial charge >= 0.3 is 5.97 Å². The van der Waals surface area contributed by atoms with Crippen molar-refractivity contribution >= 4 is 5.97 Å². The molecule has 2 aromatic rings. The van der Waals surface area contributed by atoms with Gasteiger partial charge in [-0.3, -0.25) is 9.78 Å². The van der Waals surface area contributed by atoms with Gasteiger partial charge in [0, 0.05) is 12.4 Å². The van der Waals surface area contributed by atoms with Crippen LogP contribution in [0.4, 0.5) is 4.39 Å². The molecule has 1 atom stereocenters. The van der Waals surface area contributed by atoms with Crippen molar-refractivity contribution in [2.75, 3.05) is 0 Å². The van der Waals surface area contributed by atoms with Gasteiger partial charge in [-0.05, 0) is 47.7 Å². The lowest BCUT2D eigenvalue weighted by molar-refractivity contribution is -0.137. The molecule has 3 nitrogen and oxygen atoms in total. The van der Waals surface area contributed by atoms with Gasteiger partial charge < -0.3 is 5.11 Å². The lowest BCUT2D eigenvalue weighted by Crippen LogP contribution is -2.09. The van der Waals surface area contributed by atoms with Crippen LogP contribution in [0.15, 0.2) is 48.8 Å². The van der Waals surface area contributed by atoms with E-state index in [1.807, 2.05) is 12.1 Å². The summed E-state index contributed by atoms with van der Waals surface area (Å²) in [4.78, 5) is 14.9. The number of benzene rings is 1. The van der Waals surface area contributed by atoms with Crippen LogP contribution in [-0.4, -0.2) is 16.1 Å². The third-order valence-electron chi connectivity index (χ3n) is 2.99. The van der Waals surface area contributed by atoms with Gasteiger partial charge in [0.1, 0.15) is 5.82 Å². The molecule has 19 heavy (non-hydrogen) atoms. The number of carboxylic acids is 1. The summed E-state index contributed by atoms with van der Waals surface area (Å²) in [6, 6.07) is 9.72. The van der Waals surface area contributed by atoms with Crippen molar-refractivity contribution in [2.24, 2.45) is 0 Å². The Bertz CT molecular complexity index is 540. The summed E-state index contributed by atoms with van der Waals surface area (Å²) >= 11 is 0. The van der Waals surface area contributed by atoms with Gasteiger partial charge in [-0.1, -0.05) is 12.1 Å². The van der Waals surface area contributed by atoms with Crippen molar-refractivity contribution < 1.29 is 14.3 Å². The molecule has 0 aliphatic carbocycles. The molecule has 4 heteroatoms. The Morgan fingerprint density at radius 1 is 1.16 bits per heavy atom. The predicted octanol–water partition coefficient (Wildman–Crippen LogP) is 3.02. The summed E-state index contributed by atoms with van der Waals surface area (Å²) in [5.41, 5.74) is 1.85. The molecule has 1 unspecified atom stereocenters. The molecule has 0 saturated carbocycles. The Morgan fingerprint density at radius 3 is 2.37 bits per heavy atom. The molecular weight excluding hydrogens is 245 g/mol. The molecule has 0 amide bonds. The number of aliphatic carboxylic acids is 1. The Morgan fingerprint density at radius 2 is 1.79 bits per heavy atom. The van der Waals surface area contributed by atoms with E-state index in [1.165, 1.54) is 12.1 Å². The first-order chi connectivity index (χ1) is 9.15. The van der Waals surface area contributed by atoms with E-state index in [0.29, 0.717) is 6.42 Å². The molecule has 1 N–H and O–H groups in total. The normalized spacial score (nSPS) is 12.1. The van der Waals surface area contributed by atoms with E-state index in [1.54, 1.807) is 24.5 Å². The monoisotopic (exact) mass is 259 g/mol. The highest BCUT2D eigenvalue weighted by atomic mass is 19.1. The average Bonchev–Trinajstić information content (AvgIpc) is 2.39. The summed E-state index contributed by atoms with van der Waals surface area (Å²) < 4.78 is 12.9. The van der Waals surface area contributed by atoms with Gasteiger partial charge in [-0.25, -0.2) is 4.39 Å². The number of hydrogen-bond donors (Lipinski definition) is 1. The van der Waals surface area contributed by atoms with Crippen molar-refractivity contribution in [1.82, 2.24) is 4.98 Å². The fraction of sp³-hybridized carbons (Fsp3) is 0.200. The van der Waals surface area contributed by atoms with Gasteiger partial charge in [-0.2, -0.15) is 0 Å². The minimum Gasteiger partial charge on any atom is -0.481 e. The number of nitrogens with zero attached hydrogens (tertiary/aromatic N) is 1. The lowest BCUT2D eigenvalue weighted by atomic mass is 9.89. The molecule has 0 fully saturated rings. The number of carbonyl (C=O) groups is 1. The molecule has 0 bridgehead atoms. The second-order valence-electron chi connectivity index (χ2n) is 4.41. The van der Waals surface area contributed by atoms with Crippen LogP contribution in [0.5, 0.6) is 0 Å². The second kappa shape index (κ2) is 6.09. The van der Waals surface area contributed by atoms with Crippen molar-refractivity contribution in [2.45, 2.75) is 18.8 Å². The molecule has 98 valence electrons. The van der Waals surface area contributed by atoms with Crippen LogP contribution in [0, 0.1) is 5.82 Å². The maximum absolute atomic E-state index is 12.9. The van der Waals surface area contributed by atoms with Crippen molar-refractivity contribution in [3.8, 4) is 0 Å². The summed E-state index contributed by atoms with van der Waals surface area (Å²) in [6.07, 6.45) is 3.98. The van der Waals surface area contributed by atoms with Gasteiger partial charge in [0.25, 0.3) is 0 Å². The first-order valence-electron chi connectivity index (χ1n) is 6.01. The first kappa shape index (κ1) is 13.2. The topological polar surface area (TPSA) is 50.2 Å². The van der Waals surface area contributed by atoms with Gasteiger partial charge in [0.05, 0.1) is 6.42 Å². The zero-order chi connectivity index (χ0) is 13.7. The molecule has 2 rings (SSSR count).